The summed E-state index contributed by atoms with van der Waals surface area (Å²) in [4.78, 5) is 14.7. The Hall–Kier alpha value is -0.620. The fourth-order valence-electron chi connectivity index (χ4n) is 0.284. The van der Waals surface area contributed by atoms with E-state index in [1.54, 1.807) is 0 Å². The highest BCUT2D eigenvalue weighted by Crippen LogP contribution is 2.34. The van der Waals surface area contributed by atoms with E-state index in [2.05, 4.69) is 27.7 Å². The first-order valence-corrected chi connectivity index (χ1v) is 5.57. The maximum atomic E-state index is 9.41. The molecule has 1 rings (SSSR count). The van der Waals surface area contributed by atoms with Crippen molar-refractivity contribution in [2.75, 3.05) is 0 Å². The van der Waals surface area contributed by atoms with Gasteiger partial charge in [-0.2, -0.15) is 0 Å². The molecular weight excluding hydrogens is 201 g/mol. The molecular formula is C4H8N3O3PS. The Labute approximate surface area is 74.1 Å². The number of thiol groups is 1. The quantitative estimate of drug-likeness (QED) is 0.358. The van der Waals surface area contributed by atoms with E-state index in [4.69, 9.17) is 10.00 Å². The van der Waals surface area contributed by atoms with Crippen LogP contribution in [0.4, 0.5) is 0 Å². The van der Waals surface area contributed by atoms with E-state index in [0.717, 1.165) is 0 Å². The van der Waals surface area contributed by atoms with Gasteiger partial charge in [0.2, 0.25) is 5.88 Å². The molecule has 0 spiro atoms. The summed E-state index contributed by atoms with van der Waals surface area (Å²) in [6.07, 6.45) is 2.76. The van der Waals surface area contributed by atoms with Gasteiger partial charge in [0.15, 0.2) is 0 Å². The van der Waals surface area contributed by atoms with Crippen LogP contribution in [0, 0.1) is 0 Å². The summed E-state index contributed by atoms with van der Waals surface area (Å²) in [6, 6.07) is 1.42. The van der Waals surface area contributed by atoms with Crippen LogP contribution in [0.1, 0.15) is 0 Å². The zero-order chi connectivity index (χ0) is 9.61. The van der Waals surface area contributed by atoms with Crippen LogP contribution in [0.5, 0.6) is 5.88 Å². The van der Waals surface area contributed by atoms with Crippen molar-refractivity contribution in [2.24, 2.45) is 5.50 Å². The predicted molar refractivity (Wildman–Crippen MR) is 46.7 cm³/mol. The molecule has 0 saturated heterocycles. The van der Waals surface area contributed by atoms with Gasteiger partial charge in [-0.05, 0) is 0 Å². The Morgan fingerprint density at radius 2 is 2.17 bits per heavy atom. The molecule has 68 valence electrons. The average Bonchev–Trinajstić information content (AvgIpc) is 1.85. The molecule has 0 aliphatic carbocycles. The highest BCUT2D eigenvalue weighted by atomic mass is 32.7. The largest absolute Gasteiger partial charge is 0.493 e. The molecule has 0 amide bonds. The van der Waals surface area contributed by atoms with Gasteiger partial charge < -0.3 is 10.00 Å². The van der Waals surface area contributed by atoms with Crippen molar-refractivity contribution in [1.29, 1.82) is 0 Å². The maximum Gasteiger partial charge on any atom is 0.318 e. The number of hydrogen-bond acceptors (Lipinski definition) is 4. The lowest BCUT2D eigenvalue weighted by molar-refractivity contribution is 0.452. The van der Waals surface area contributed by atoms with E-state index in [0.29, 0.717) is 0 Å². The van der Waals surface area contributed by atoms with Crippen LogP contribution in [0.25, 0.3) is 0 Å². The van der Waals surface area contributed by atoms with Gasteiger partial charge in [-0.3, -0.25) is 10.1 Å². The zero-order valence-corrected chi connectivity index (χ0v) is 7.69. The number of rotatable bonds is 0. The Kier molecular flexibility index (Phi) is 4.84. The molecule has 1 heterocycles. The molecule has 1 aromatic heterocycles. The standard InChI is InChI=1S/C4H4N2O.H4NO2PS/c7-4-1-2-5-3-6-4;1-4(2,3)5/h1-3H,(H,5,6,7);(H4,1,2,3,5). The molecule has 12 heavy (non-hydrogen) atoms. The lowest BCUT2D eigenvalue weighted by atomic mass is 10.7. The van der Waals surface area contributed by atoms with Gasteiger partial charge in [-0.25, -0.2) is 9.97 Å². The Balaban J connectivity index is 0.000000217. The first kappa shape index (κ1) is 11.4. The van der Waals surface area contributed by atoms with Crippen molar-refractivity contribution in [3.8, 4) is 5.88 Å². The van der Waals surface area contributed by atoms with Crippen LogP contribution >= 0.6 is 19.0 Å². The SMILES string of the molecule is NP(=O)(O)S.Oc1ccncn1. The van der Waals surface area contributed by atoms with Gasteiger partial charge in [0.25, 0.3) is 0 Å². The summed E-state index contributed by atoms with van der Waals surface area (Å²) >= 11 is 3.01. The van der Waals surface area contributed by atoms with Crippen LogP contribution in [0.3, 0.4) is 0 Å². The van der Waals surface area contributed by atoms with E-state index in [1.165, 1.54) is 18.6 Å². The van der Waals surface area contributed by atoms with Gasteiger partial charge in [0.1, 0.15) is 6.33 Å². The Morgan fingerprint density at radius 3 is 2.33 bits per heavy atom. The number of nitrogens with zero attached hydrogens (tertiary/aromatic N) is 2. The van der Waals surface area contributed by atoms with Gasteiger partial charge in [-0.15, -0.1) is 0 Å². The molecule has 0 aliphatic heterocycles. The van der Waals surface area contributed by atoms with Gasteiger partial charge in [-0.1, -0.05) is 12.2 Å². The van der Waals surface area contributed by atoms with Crippen molar-refractivity contribution in [3.05, 3.63) is 18.6 Å². The van der Waals surface area contributed by atoms with Crippen LogP contribution in [0.15, 0.2) is 18.6 Å². The second kappa shape index (κ2) is 5.10. The predicted octanol–water partition coefficient (Wildman–Crippen LogP) is 0.157. The van der Waals surface area contributed by atoms with Crippen molar-refractivity contribution in [3.63, 3.8) is 0 Å². The lowest BCUT2D eigenvalue weighted by Crippen LogP contribution is -1.79. The van der Waals surface area contributed by atoms with Gasteiger partial charge in [0, 0.05) is 12.3 Å². The normalized spacial score (nSPS) is 13.9. The molecule has 4 N–H and O–H groups in total. The molecule has 1 aromatic rings. The highest BCUT2D eigenvalue weighted by Gasteiger charge is 1.94. The maximum absolute atomic E-state index is 9.41. The average molecular weight is 209 g/mol. The van der Waals surface area contributed by atoms with Crippen molar-refractivity contribution < 1.29 is 14.6 Å². The lowest BCUT2D eigenvalue weighted by Gasteiger charge is -1.84. The minimum atomic E-state index is -3.44. The molecule has 0 fully saturated rings. The fourth-order valence-corrected chi connectivity index (χ4v) is 0.284. The van der Waals surface area contributed by atoms with E-state index < -0.39 is 6.72 Å². The van der Waals surface area contributed by atoms with Crippen LogP contribution in [0.2, 0.25) is 0 Å². The molecule has 0 aromatic carbocycles. The van der Waals surface area contributed by atoms with Gasteiger partial charge in [0.05, 0.1) is 0 Å². The number of hydrogen-bond donors (Lipinski definition) is 4. The summed E-state index contributed by atoms with van der Waals surface area (Å²) in [5.41, 5.74) is 4.33. The molecule has 6 nitrogen and oxygen atoms in total. The third kappa shape index (κ3) is 12.1. The second-order valence-electron chi connectivity index (χ2n) is 1.66. The molecule has 1 unspecified atom stereocenters. The van der Waals surface area contributed by atoms with E-state index in [9.17, 15) is 4.57 Å². The van der Waals surface area contributed by atoms with Crippen LogP contribution in [-0.2, 0) is 4.57 Å². The minimum absolute atomic E-state index is 0.00926. The fraction of sp³-hybridized carbons (Fsp3) is 0. The third-order valence-corrected chi connectivity index (χ3v) is 0.566. The van der Waals surface area contributed by atoms with Crippen LogP contribution < -0.4 is 5.50 Å². The molecule has 0 bridgehead atoms. The smallest absolute Gasteiger partial charge is 0.318 e. The first-order valence-electron chi connectivity index (χ1n) is 2.68. The topological polar surface area (TPSA) is 109 Å². The Morgan fingerprint density at radius 1 is 1.67 bits per heavy atom. The summed E-state index contributed by atoms with van der Waals surface area (Å²) < 4.78 is 9.41. The third-order valence-electron chi connectivity index (χ3n) is 0.566. The van der Waals surface area contributed by atoms with E-state index in [-0.39, 0.29) is 5.88 Å². The van der Waals surface area contributed by atoms with Crippen LogP contribution in [-0.4, -0.2) is 20.0 Å². The monoisotopic (exact) mass is 209 g/mol. The minimum Gasteiger partial charge on any atom is -0.493 e. The Bertz CT molecular complexity index is 255. The first-order chi connectivity index (χ1) is 5.39. The van der Waals surface area contributed by atoms with E-state index >= 15 is 0 Å². The van der Waals surface area contributed by atoms with Crippen molar-refractivity contribution >= 4 is 19.0 Å². The summed E-state index contributed by atoms with van der Waals surface area (Å²) in [5, 5.41) is 8.48. The van der Waals surface area contributed by atoms with Crippen molar-refractivity contribution in [2.45, 2.75) is 0 Å². The number of aromatic hydroxyl groups is 1. The van der Waals surface area contributed by atoms with Gasteiger partial charge >= 0.3 is 6.72 Å². The summed E-state index contributed by atoms with van der Waals surface area (Å²) in [6.45, 7) is -3.44. The zero-order valence-electron chi connectivity index (χ0n) is 5.90. The molecule has 0 saturated carbocycles. The van der Waals surface area contributed by atoms with E-state index in [1.807, 2.05) is 0 Å². The molecule has 8 heteroatoms. The number of aromatic nitrogens is 2. The summed E-state index contributed by atoms with van der Waals surface area (Å²) in [5.74, 6) is 0.00926. The molecule has 0 radical (unpaired) electrons. The second-order valence-corrected chi connectivity index (χ2v) is 4.55. The number of nitrogens with two attached hydrogens (primary N) is 1. The highest BCUT2D eigenvalue weighted by molar-refractivity contribution is 8.45. The molecule has 1 atom stereocenters. The molecule has 0 aliphatic rings. The van der Waals surface area contributed by atoms with Crippen molar-refractivity contribution in [1.82, 2.24) is 9.97 Å². The summed E-state index contributed by atoms with van der Waals surface area (Å²) in [7, 11) is 0.